The lowest BCUT2D eigenvalue weighted by molar-refractivity contribution is -0.131. The summed E-state index contributed by atoms with van der Waals surface area (Å²) in [6.07, 6.45) is 1.86. The van der Waals surface area contributed by atoms with Gasteiger partial charge in [0.05, 0.1) is 13.2 Å². The van der Waals surface area contributed by atoms with Crippen molar-refractivity contribution >= 4 is 5.91 Å². The Bertz CT molecular complexity index is 406. The highest BCUT2D eigenvalue weighted by Gasteiger charge is 2.19. The Labute approximate surface area is 115 Å². The van der Waals surface area contributed by atoms with E-state index < -0.39 is 0 Å². The zero-order valence-electron chi connectivity index (χ0n) is 11.9. The van der Waals surface area contributed by atoms with Crippen LogP contribution >= 0.6 is 0 Å². The number of hydrogen-bond donors (Lipinski definition) is 1. The number of hydrogen-bond acceptors (Lipinski definition) is 3. The fourth-order valence-electron chi connectivity index (χ4n) is 2.00. The quantitative estimate of drug-likeness (QED) is 0.770. The standard InChI is InChI=1S/C15H23NO3/c1-12(13-8-4-5-9-14(13)19-3)16(2)15(18)10-6-7-11-17/h4-5,8-9,12,17H,6-7,10-11H2,1-3H3. The van der Waals surface area contributed by atoms with E-state index in [1.54, 1.807) is 19.1 Å². The van der Waals surface area contributed by atoms with E-state index in [0.29, 0.717) is 12.8 Å². The van der Waals surface area contributed by atoms with Gasteiger partial charge in [-0.3, -0.25) is 4.79 Å². The van der Waals surface area contributed by atoms with Gasteiger partial charge in [0, 0.05) is 25.6 Å². The van der Waals surface area contributed by atoms with Crippen molar-refractivity contribution in [2.45, 2.75) is 32.2 Å². The van der Waals surface area contributed by atoms with E-state index in [9.17, 15) is 4.79 Å². The van der Waals surface area contributed by atoms with E-state index in [4.69, 9.17) is 9.84 Å². The summed E-state index contributed by atoms with van der Waals surface area (Å²) in [5.41, 5.74) is 1.00. The molecule has 0 aromatic heterocycles. The zero-order valence-corrected chi connectivity index (χ0v) is 11.9. The normalized spacial score (nSPS) is 12.0. The van der Waals surface area contributed by atoms with E-state index in [1.165, 1.54) is 0 Å². The summed E-state index contributed by atoms with van der Waals surface area (Å²) in [6.45, 7) is 2.13. The van der Waals surface area contributed by atoms with Gasteiger partial charge >= 0.3 is 0 Å². The van der Waals surface area contributed by atoms with E-state index in [0.717, 1.165) is 17.7 Å². The Morgan fingerprint density at radius 2 is 2.05 bits per heavy atom. The summed E-state index contributed by atoms with van der Waals surface area (Å²) < 4.78 is 5.32. The van der Waals surface area contributed by atoms with Crippen LogP contribution in [0.5, 0.6) is 5.75 Å². The Morgan fingerprint density at radius 3 is 2.68 bits per heavy atom. The number of ether oxygens (including phenoxy) is 1. The minimum absolute atomic E-state index is 0.0298. The third kappa shape index (κ3) is 4.24. The molecule has 1 N–H and O–H groups in total. The molecule has 0 spiro atoms. The maximum absolute atomic E-state index is 12.0. The van der Waals surface area contributed by atoms with Crippen LogP contribution in [-0.2, 0) is 4.79 Å². The minimum Gasteiger partial charge on any atom is -0.496 e. The molecule has 0 heterocycles. The van der Waals surface area contributed by atoms with Crippen molar-refractivity contribution in [1.29, 1.82) is 0 Å². The first-order chi connectivity index (χ1) is 9.11. The average molecular weight is 265 g/mol. The zero-order chi connectivity index (χ0) is 14.3. The van der Waals surface area contributed by atoms with Crippen molar-refractivity contribution in [2.75, 3.05) is 20.8 Å². The molecule has 1 unspecified atom stereocenters. The van der Waals surface area contributed by atoms with Crippen LogP contribution in [0.3, 0.4) is 0 Å². The highest BCUT2D eigenvalue weighted by atomic mass is 16.5. The number of nitrogens with zero attached hydrogens (tertiary/aromatic N) is 1. The van der Waals surface area contributed by atoms with Crippen molar-refractivity contribution in [2.24, 2.45) is 0 Å². The molecule has 1 rings (SSSR count). The Hall–Kier alpha value is -1.55. The molecule has 4 heteroatoms. The van der Waals surface area contributed by atoms with Crippen LogP contribution in [0.4, 0.5) is 0 Å². The molecule has 4 nitrogen and oxygen atoms in total. The van der Waals surface area contributed by atoms with Gasteiger partial charge in [-0.1, -0.05) is 18.2 Å². The second kappa shape index (κ2) is 7.79. The number of carbonyl (C=O) groups is 1. The molecule has 0 aliphatic heterocycles. The summed E-state index contributed by atoms with van der Waals surface area (Å²) >= 11 is 0. The lowest BCUT2D eigenvalue weighted by Gasteiger charge is -2.26. The molecule has 0 aliphatic rings. The van der Waals surface area contributed by atoms with Crippen molar-refractivity contribution < 1.29 is 14.6 Å². The van der Waals surface area contributed by atoms with E-state index in [-0.39, 0.29) is 18.6 Å². The van der Waals surface area contributed by atoms with Gasteiger partial charge in [0.15, 0.2) is 0 Å². The highest BCUT2D eigenvalue weighted by Crippen LogP contribution is 2.28. The molecule has 106 valence electrons. The minimum atomic E-state index is -0.0298. The van der Waals surface area contributed by atoms with Crippen LogP contribution in [0.1, 0.15) is 37.8 Å². The first-order valence-electron chi connectivity index (χ1n) is 6.61. The predicted molar refractivity (Wildman–Crippen MR) is 75.1 cm³/mol. The van der Waals surface area contributed by atoms with Crippen molar-refractivity contribution in [3.05, 3.63) is 29.8 Å². The second-order valence-corrected chi connectivity index (χ2v) is 4.60. The van der Waals surface area contributed by atoms with E-state index >= 15 is 0 Å². The largest absolute Gasteiger partial charge is 0.496 e. The van der Waals surface area contributed by atoms with Crippen molar-refractivity contribution in [3.63, 3.8) is 0 Å². The van der Waals surface area contributed by atoms with Gasteiger partial charge in [0.1, 0.15) is 5.75 Å². The molecular formula is C15H23NO3. The van der Waals surface area contributed by atoms with Gasteiger partial charge in [0.2, 0.25) is 5.91 Å². The molecule has 0 fully saturated rings. The average Bonchev–Trinajstić information content (AvgIpc) is 2.45. The Kier molecular flexibility index (Phi) is 6.36. The second-order valence-electron chi connectivity index (χ2n) is 4.60. The van der Waals surface area contributed by atoms with E-state index in [2.05, 4.69) is 0 Å². The van der Waals surface area contributed by atoms with Crippen LogP contribution in [0, 0.1) is 0 Å². The van der Waals surface area contributed by atoms with Crippen LogP contribution in [0.2, 0.25) is 0 Å². The molecule has 1 aromatic carbocycles. The van der Waals surface area contributed by atoms with Crippen LogP contribution < -0.4 is 4.74 Å². The lowest BCUT2D eigenvalue weighted by Crippen LogP contribution is -2.29. The molecule has 1 aromatic rings. The molecule has 0 saturated carbocycles. The molecule has 0 saturated heterocycles. The number of unbranched alkanes of at least 4 members (excludes halogenated alkanes) is 1. The summed E-state index contributed by atoms with van der Waals surface area (Å²) in [7, 11) is 3.44. The molecule has 0 aliphatic carbocycles. The summed E-state index contributed by atoms with van der Waals surface area (Å²) in [6, 6.07) is 7.70. The van der Waals surface area contributed by atoms with Gasteiger partial charge in [-0.15, -0.1) is 0 Å². The molecule has 0 radical (unpaired) electrons. The molecule has 0 bridgehead atoms. The third-order valence-corrected chi connectivity index (χ3v) is 3.36. The molecule has 1 atom stereocenters. The monoisotopic (exact) mass is 265 g/mol. The number of rotatable bonds is 7. The number of para-hydroxylation sites is 1. The molecule has 19 heavy (non-hydrogen) atoms. The maximum Gasteiger partial charge on any atom is 0.222 e. The molecule has 1 amide bonds. The third-order valence-electron chi connectivity index (χ3n) is 3.36. The van der Waals surface area contributed by atoms with Gasteiger partial charge in [-0.25, -0.2) is 0 Å². The fourth-order valence-corrected chi connectivity index (χ4v) is 2.00. The summed E-state index contributed by atoms with van der Waals surface area (Å²) in [5.74, 6) is 0.886. The number of benzene rings is 1. The van der Waals surface area contributed by atoms with Gasteiger partial charge in [-0.05, 0) is 25.8 Å². The van der Waals surface area contributed by atoms with Crippen LogP contribution in [-0.4, -0.2) is 36.7 Å². The van der Waals surface area contributed by atoms with Crippen molar-refractivity contribution in [1.82, 2.24) is 4.90 Å². The number of aliphatic hydroxyl groups excluding tert-OH is 1. The predicted octanol–water partition coefficient (Wildman–Crippen LogP) is 2.38. The van der Waals surface area contributed by atoms with Gasteiger partial charge in [-0.2, -0.15) is 0 Å². The first kappa shape index (κ1) is 15.5. The number of carbonyl (C=O) groups excluding carboxylic acids is 1. The lowest BCUT2D eigenvalue weighted by atomic mass is 10.1. The van der Waals surface area contributed by atoms with Crippen LogP contribution in [0.25, 0.3) is 0 Å². The summed E-state index contributed by atoms with van der Waals surface area (Å²) in [5, 5.41) is 8.73. The fraction of sp³-hybridized carbons (Fsp3) is 0.533. The van der Waals surface area contributed by atoms with E-state index in [1.807, 2.05) is 31.2 Å². The highest BCUT2D eigenvalue weighted by molar-refractivity contribution is 5.76. The molecular weight excluding hydrogens is 242 g/mol. The smallest absolute Gasteiger partial charge is 0.222 e. The number of amides is 1. The first-order valence-corrected chi connectivity index (χ1v) is 6.61. The summed E-state index contributed by atoms with van der Waals surface area (Å²) in [4.78, 5) is 13.8. The van der Waals surface area contributed by atoms with Gasteiger partial charge < -0.3 is 14.7 Å². The maximum atomic E-state index is 12.0. The van der Waals surface area contributed by atoms with Crippen LogP contribution in [0.15, 0.2) is 24.3 Å². The van der Waals surface area contributed by atoms with Crippen molar-refractivity contribution in [3.8, 4) is 5.75 Å². The SMILES string of the molecule is COc1ccccc1C(C)N(C)C(=O)CCCCO. The number of methoxy groups -OCH3 is 1. The van der Waals surface area contributed by atoms with Gasteiger partial charge in [0.25, 0.3) is 0 Å². The Balaban J connectivity index is 2.70. The topological polar surface area (TPSA) is 49.8 Å². The number of aliphatic hydroxyl groups is 1. The Morgan fingerprint density at radius 1 is 1.37 bits per heavy atom.